The van der Waals surface area contributed by atoms with Crippen LogP contribution in [0.2, 0.25) is 0 Å². The summed E-state index contributed by atoms with van der Waals surface area (Å²) in [6.07, 6.45) is 3.18. The van der Waals surface area contributed by atoms with Crippen LogP contribution in [-0.4, -0.2) is 25.5 Å². The Labute approximate surface area is 195 Å². The van der Waals surface area contributed by atoms with Crippen LogP contribution >= 0.6 is 0 Å². The molecule has 1 aliphatic rings. The molecular formula is C28H22O6. The van der Waals surface area contributed by atoms with E-state index in [2.05, 4.69) is 0 Å². The van der Waals surface area contributed by atoms with Gasteiger partial charge in [0.2, 0.25) is 0 Å². The summed E-state index contributed by atoms with van der Waals surface area (Å²) < 4.78 is 6.30. The normalized spacial score (nSPS) is 16.9. The maximum atomic E-state index is 10.4. The summed E-state index contributed by atoms with van der Waals surface area (Å²) in [5, 5.41) is 50.0. The van der Waals surface area contributed by atoms with Crippen LogP contribution in [0.15, 0.2) is 78.9 Å². The lowest BCUT2D eigenvalue weighted by atomic mass is 9.82. The summed E-state index contributed by atoms with van der Waals surface area (Å²) in [6, 6.07) is 21.0. The summed E-state index contributed by atoms with van der Waals surface area (Å²) in [6.45, 7) is 0. The van der Waals surface area contributed by atoms with Crippen molar-refractivity contribution in [3.8, 4) is 34.5 Å². The van der Waals surface area contributed by atoms with Gasteiger partial charge in [-0.05, 0) is 64.7 Å². The average Bonchev–Trinajstić information content (AvgIpc) is 3.17. The van der Waals surface area contributed by atoms with Gasteiger partial charge in [-0.2, -0.15) is 0 Å². The van der Waals surface area contributed by atoms with E-state index in [-0.39, 0.29) is 28.7 Å². The van der Waals surface area contributed by atoms with Crippen LogP contribution in [0.4, 0.5) is 0 Å². The Morgan fingerprint density at radius 3 is 1.79 bits per heavy atom. The fourth-order valence-electron chi connectivity index (χ4n) is 4.39. The first-order chi connectivity index (χ1) is 16.4. The average molecular weight is 454 g/mol. The molecule has 2 atom stereocenters. The van der Waals surface area contributed by atoms with Crippen LogP contribution < -0.4 is 4.74 Å². The molecule has 34 heavy (non-hydrogen) atoms. The number of phenols is 5. The molecule has 4 aromatic rings. The van der Waals surface area contributed by atoms with E-state index in [4.69, 9.17) is 4.74 Å². The van der Waals surface area contributed by atoms with Crippen LogP contribution in [0.25, 0.3) is 12.2 Å². The third-order valence-electron chi connectivity index (χ3n) is 5.88. The van der Waals surface area contributed by atoms with Crippen molar-refractivity contribution in [3.05, 3.63) is 107 Å². The van der Waals surface area contributed by atoms with E-state index < -0.39 is 12.0 Å². The maximum Gasteiger partial charge on any atom is 0.135 e. The highest BCUT2D eigenvalue weighted by molar-refractivity contribution is 5.75. The highest BCUT2D eigenvalue weighted by atomic mass is 16.5. The number of benzene rings is 4. The third kappa shape index (κ3) is 4.09. The Morgan fingerprint density at radius 2 is 1.15 bits per heavy atom. The van der Waals surface area contributed by atoms with Gasteiger partial charge in [0.25, 0.3) is 0 Å². The molecule has 6 heteroatoms. The van der Waals surface area contributed by atoms with E-state index in [1.165, 1.54) is 6.07 Å². The molecular weight excluding hydrogens is 432 g/mol. The predicted molar refractivity (Wildman–Crippen MR) is 128 cm³/mol. The van der Waals surface area contributed by atoms with Crippen molar-refractivity contribution in [2.75, 3.05) is 0 Å². The van der Waals surface area contributed by atoms with Crippen molar-refractivity contribution in [2.45, 2.75) is 12.0 Å². The van der Waals surface area contributed by atoms with Crippen molar-refractivity contribution in [1.29, 1.82) is 0 Å². The fraction of sp³-hybridized carbons (Fsp3) is 0.0714. The first-order valence-electron chi connectivity index (χ1n) is 10.7. The molecule has 6 nitrogen and oxygen atoms in total. The molecule has 0 aromatic heterocycles. The number of phenolic OH excluding ortho intramolecular Hbond substituents is 5. The number of hydrogen-bond acceptors (Lipinski definition) is 6. The minimum atomic E-state index is -0.528. The Balaban J connectivity index is 1.67. The van der Waals surface area contributed by atoms with Crippen molar-refractivity contribution in [2.24, 2.45) is 0 Å². The van der Waals surface area contributed by atoms with Crippen LogP contribution in [-0.2, 0) is 0 Å². The summed E-state index contributed by atoms with van der Waals surface area (Å²) >= 11 is 0. The SMILES string of the molecule is Oc1ccc(/C=C\c2cc(O)cc3c2C(c2cc(O)cc(O)c2)C(c2ccc(O)cc2)O3)cc1. The molecule has 0 amide bonds. The second kappa shape index (κ2) is 8.41. The van der Waals surface area contributed by atoms with E-state index in [1.54, 1.807) is 72.8 Å². The van der Waals surface area contributed by atoms with Gasteiger partial charge in [0.1, 0.15) is 40.6 Å². The Kier molecular flexibility index (Phi) is 5.26. The summed E-state index contributed by atoms with van der Waals surface area (Å²) in [7, 11) is 0. The van der Waals surface area contributed by atoms with Crippen LogP contribution in [0.3, 0.4) is 0 Å². The van der Waals surface area contributed by atoms with Gasteiger partial charge in [-0.25, -0.2) is 0 Å². The largest absolute Gasteiger partial charge is 0.508 e. The Bertz CT molecular complexity index is 1350. The van der Waals surface area contributed by atoms with Gasteiger partial charge in [-0.1, -0.05) is 36.4 Å². The first-order valence-corrected chi connectivity index (χ1v) is 10.7. The van der Waals surface area contributed by atoms with E-state index in [9.17, 15) is 25.5 Å². The molecule has 5 rings (SSSR count). The molecule has 0 saturated heterocycles. The van der Waals surface area contributed by atoms with Crippen molar-refractivity contribution in [1.82, 2.24) is 0 Å². The van der Waals surface area contributed by atoms with E-state index in [0.29, 0.717) is 16.9 Å². The second-order valence-corrected chi connectivity index (χ2v) is 8.26. The molecule has 1 aliphatic heterocycles. The summed E-state index contributed by atoms with van der Waals surface area (Å²) in [5.41, 5.74) is 3.78. The lowest BCUT2D eigenvalue weighted by Gasteiger charge is -2.21. The lowest BCUT2D eigenvalue weighted by Crippen LogP contribution is -2.11. The van der Waals surface area contributed by atoms with E-state index in [0.717, 1.165) is 16.7 Å². The molecule has 0 bridgehead atoms. The quantitative estimate of drug-likeness (QED) is 0.255. The monoisotopic (exact) mass is 454 g/mol. The third-order valence-corrected chi connectivity index (χ3v) is 5.88. The Hall–Kier alpha value is -4.58. The van der Waals surface area contributed by atoms with Gasteiger partial charge in [-0.15, -0.1) is 0 Å². The van der Waals surface area contributed by atoms with Crippen molar-refractivity contribution < 1.29 is 30.3 Å². The second-order valence-electron chi connectivity index (χ2n) is 8.26. The maximum absolute atomic E-state index is 10.4. The minimum absolute atomic E-state index is 0.0352. The summed E-state index contributed by atoms with van der Waals surface area (Å²) in [5.74, 6) is 0.243. The van der Waals surface area contributed by atoms with Crippen LogP contribution in [0, 0.1) is 0 Å². The Morgan fingerprint density at radius 1 is 0.559 bits per heavy atom. The highest BCUT2D eigenvalue weighted by Crippen LogP contribution is 2.53. The molecule has 0 spiro atoms. The van der Waals surface area contributed by atoms with Gasteiger partial charge in [0.15, 0.2) is 0 Å². The number of ether oxygens (including phenoxy) is 1. The lowest BCUT2D eigenvalue weighted by molar-refractivity contribution is 0.221. The predicted octanol–water partition coefficient (Wildman–Crippen LogP) is 5.65. The van der Waals surface area contributed by atoms with E-state index >= 15 is 0 Å². The van der Waals surface area contributed by atoms with Gasteiger partial charge >= 0.3 is 0 Å². The minimum Gasteiger partial charge on any atom is -0.508 e. The molecule has 5 N–H and O–H groups in total. The summed E-state index contributed by atoms with van der Waals surface area (Å²) in [4.78, 5) is 0. The molecule has 0 aliphatic carbocycles. The molecule has 4 aromatic carbocycles. The number of fused-ring (bicyclic) bond motifs is 1. The highest BCUT2D eigenvalue weighted by Gasteiger charge is 2.39. The first kappa shape index (κ1) is 21.3. The topological polar surface area (TPSA) is 110 Å². The van der Waals surface area contributed by atoms with E-state index in [1.807, 2.05) is 12.2 Å². The smallest absolute Gasteiger partial charge is 0.135 e. The molecule has 0 fully saturated rings. The fourth-order valence-corrected chi connectivity index (χ4v) is 4.39. The molecule has 170 valence electrons. The number of rotatable bonds is 4. The van der Waals surface area contributed by atoms with Crippen LogP contribution in [0.5, 0.6) is 34.5 Å². The van der Waals surface area contributed by atoms with Gasteiger partial charge in [-0.3, -0.25) is 0 Å². The molecule has 2 unspecified atom stereocenters. The zero-order valence-corrected chi connectivity index (χ0v) is 18.0. The standard InChI is InChI=1S/C28H22O6/c29-20-7-2-16(3-8-20)1-4-18-11-24(33)15-25-26(18)27(19-12-22(31)14-23(32)13-19)28(34-25)17-5-9-21(30)10-6-17/h1-15,27-33H/b4-1-. The molecule has 0 radical (unpaired) electrons. The number of aromatic hydroxyl groups is 5. The van der Waals surface area contributed by atoms with Gasteiger partial charge < -0.3 is 30.3 Å². The zero-order valence-electron chi connectivity index (χ0n) is 18.0. The molecule has 1 heterocycles. The van der Waals surface area contributed by atoms with Crippen LogP contribution in [0.1, 0.15) is 39.8 Å². The van der Waals surface area contributed by atoms with Crippen molar-refractivity contribution >= 4 is 12.2 Å². The molecule has 0 saturated carbocycles. The van der Waals surface area contributed by atoms with Crippen molar-refractivity contribution in [3.63, 3.8) is 0 Å². The number of hydrogen-bond donors (Lipinski definition) is 5. The van der Waals surface area contributed by atoms with Gasteiger partial charge in [0, 0.05) is 17.7 Å². The zero-order chi connectivity index (χ0) is 23.8. The van der Waals surface area contributed by atoms with Gasteiger partial charge in [0.05, 0.1) is 5.92 Å².